The third-order valence-electron chi connectivity index (χ3n) is 3.05. The first-order chi connectivity index (χ1) is 8.62. The van der Waals surface area contributed by atoms with Gasteiger partial charge in [-0.25, -0.2) is 0 Å². The topological polar surface area (TPSA) is 74.2 Å². The maximum Gasteiger partial charge on any atom is 0.247 e. The van der Waals surface area contributed by atoms with Crippen LogP contribution in [0, 0.1) is 0 Å². The maximum absolute atomic E-state index is 6.01. The van der Waals surface area contributed by atoms with Crippen molar-refractivity contribution in [1.29, 1.82) is 0 Å². The Morgan fingerprint density at radius 2 is 2.22 bits per heavy atom. The second-order valence-corrected chi connectivity index (χ2v) is 5.28. The van der Waals surface area contributed by atoms with E-state index in [4.69, 9.17) is 15.0 Å². The van der Waals surface area contributed by atoms with Crippen molar-refractivity contribution in [2.24, 2.45) is 5.73 Å². The second kappa shape index (κ2) is 4.07. The Morgan fingerprint density at radius 3 is 2.83 bits per heavy atom. The molecule has 1 aromatic heterocycles. The lowest BCUT2D eigenvalue weighted by Gasteiger charge is -2.03. The molecule has 1 aromatic carbocycles. The summed E-state index contributed by atoms with van der Waals surface area (Å²) in [5.74, 6) is 1.83. The number of methoxy groups -OCH3 is 1. The van der Waals surface area contributed by atoms with Gasteiger partial charge >= 0.3 is 0 Å². The van der Waals surface area contributed by atoms with Crippen molar-refractivity contribution >= 4 is 15.9 Å². The molecule has 5 nitrogen and oxygen atoms in total. The van der Waals surface area contributed by atoms with E-state index >= 15 is 0 Å². The van der Waals surface area contributed by atoms with Gasteiger partial charge < -0.3 is 15.0 Å². The van der Waals surface area contributed by atoms with E-state index in [0.717, 1.165) is 28.6 Å². The summed E-state index contributed by atoms with van der Waals surface area (Å²) in [6, 6.07) is 5.63. The number of nitrogens with two attached hydrogens (primary N) is 1. The Hall–Kier alpha value is -1.40. The van der Waals surface area contributed by atoms with E-state index < -0.39 is 5.54 Å². The molecule has 0 saturated heterocycles. The van der Waals surface area contributed by atoms with Crippen molar-refractivity contribution in [2.75, 3.05) is 7.11 Å². The van der Waals surface area contributed by atoms with Gasteiger partial charge in [-0.05, 0) is 47.0 Å². The van der Waals surface area contributed by atoms with Crippen LogP contribution >= 0.6 is 15.9 Å². The molecule has 0 amide bonds. The Labute approximate surface area is 112 Å². The van der Waals surface area contributed by atoms with Crippen LogP contribution in [0.1, 0.15) is 18.7 Å². The quantitative estimate of drug-likeness (QED) is 0.942. The van der Waals surface area contributed by atoms with Crippen LogP contribution in [0.25, 0.3) is 11.4 Å². The average Bonchev–Trinajstić information content (AvgIpc) is 2.94. The zero-order valence-electron chi connectivity index (χ0n) is 9.81. The number of aromatic nitrogens is 2. The van der Waals surface area contributed by atoms with Crippen molar-refractivity contribution in [2.45, 2.75) is 18.4 Å². The molecule has 2 aromatic rings. The number of rotatable bonds is 3. The van der Waals surface area contributed by atoms with Crippen LogP contribution in [-0.2, 0) is 5.54 Å². The fraction of sp³-hybridized carbons (Fsp3) is 0.333. The predicted molar refractivity (Wildman–Crippen MR) is 69.1 cm³/mol. The summed E-state index contributed by atoms with van der Waals surface area (Å²) < 4.78 is 11.2. The van der Waals surface area contributed by atoms with Crippen LogP contribution < -0.4 is 10.5 Å². The zero-order chi connectivity index (χ0) is 12.8. The minimum atomic E-state index is -0.394. The first kappa shape index (κ1) is 11.7. The number of halogens is 1. The number of nitrogens with zero attached hydrogens (tertiary/aromatic N) is 2. The van der Waals surface area contributed by atoms with Gasteiger partial charge in [0, 0.05) is 5.56 Å². The molecule has 0 aliphatic heterocycles. The summed E-state index contributed by atoms with van der Waals surface area (Å²) in [6.45, 7) is 0. The van der Waals surface area contributed by atoms with Gasteiger partial charge in [0.25, 0.3) is 0 Å². The zero-order valence-corrected chi connectivity index (χ0v) is 11.4. The highest BCUT2D eigenvalue weighted by molar-refractivity contribution is 9.10. The van der Waals surface area contributed by atoms with Crippen LogP contribution in [0.5, 0.6) is 5.75 Å². The van der Waals surface area contributed by atoms with Gasteiger partial charge in [0.15, 0.2) is 0 Å². The van der Waals surface area contributed by atoms with E-state index in [-0.39, 0.29) is 0 Å². The summed E-state index contributed by atoms with van der Waals surface area (Å²) in [4.78, 5) is 4.35. The van der Waals surface area contributed by atoms with Crippen molar-refractivity contribution in [1.82, 2.24) is 10.1 Å². The van der Waals surface area contributed by atoms with Gasteiger partial charge in [0.05, 0.1) is 17.1 Å². The summed E-state index contributed by atoms with van der Waals surface area (Å²) in [6.07, 6.45) is 1.81. The summed E-state index contributed by atoms with van der Waals surface area (Å²) >= 11 is 3.43. The summed E-state index contributed by atoms with van der Waals surface area (Å²) in [7, 11) is 1.62. The maximum atomic E-state index is 6.01. The van der Waals surface area contributed by atoms with E-state index in [2.05, 4.69) is 26.1 Å². The monoisotopic (exact) mass is 309 g/mol. The van der Waals surface area contributed by atoms with E-state index in [1.165, 1.54) is 0 Å². The van der Waals surface area contributed by atoms with Crippen molar-refractivity contribution < 1.29 is 9.26 Å². The molecule has 94 valence electrons. The molecule has 18 heavy (non-hydrogen) atoms. The normalized spacial score (nSPS) is 16.6. The molecule has 1 aliphatic rings. The summed E-state index contributed by atoms with van der Waals surface area (Å²) in [5, 5.41) is 3.96. The molecule has 1 fully saturated rings. The average molecular weight is 310 g/mol. The van der Waals surface area contributed by atoms with E-state index in [1.807, 2.05) is 18.2 Å². The highest BCUT2D eigenvalue weighted by atomic mass is 79.9. The highest BCUT2D eigenvalue weighted by Crippen LogP contribution is 2.42. The van der Waals surface area contributed by atoms with Gasteiger partial charge in [-0.2, -0.15) is 4.98 Å². The SMILES string of the molecule is COc1ccc(-c2noc(C3(N)CC3)n2)cc1Br. The van der Waals surface area contributed by atoms with Gasteiger partial charge in [0.2, 0.25) is 11.7 Å². The first-order valence-electron chi connectivity index (χ1n) is 5.59. The van der Waals surface area contributed by atoms with E-state index in [9.17, 15) is 0 Å². The van der Waals surface area contributed by atoms with Gasteiger partial charge in [-0.1, -0.05) is 5.16 Å². The number of hydrogen-bond donors (Lipinski definition) is 1. The molecule has 0 radical (unpaired) electrons. The van der Waals surface area contributed by atoms with Crippen LogP contribution in [-0.4, -0.2) is 17.3 Å². The molecular weight excluding hydrogens is 298 g/mol. The van der Waals surface area contributed by atoms with Crippen LogP contribution in [0.2, 0.25) is 0 Å². The molecule has 3 rings (SSSR count). The Morgan fingerprint density at radius 1 is 1.44 bits per heavy atom. The third-order valence-corrected chi connectivity index (χ3v) is 3.67. The molecule has 2 N–H and O–H groups in total. The van der Waals surface area contributed by atoms with Gasteiger partial charge in [-0.3, -0.25) is 0 Å². The van der Waals surface area contributed by atoms with Crippen LogP contribution in [0.15, 0.2) is 27.2 Å². The Kier molecular flexibility index (Phi) is 2.64. The minimum absolute atomic E-state index is 0.394. The molecule has 0 spiro atoms. The van der Waals surface area contributed by atoms with Crippen molar-refractivity contribution in [3.05, 3.63) is 28.6 Å². The molecule has 6 heteroatoms. The number of benzene rings is 1. The fourth-order valence-corrected chi connectivity index (χ4v) is 2.24. The molecule has 0 unspecified atom stereocenters. The van der Waals surface area contributed by atoms with Crippen LogP contribution in [0.3, 0.4) is 0 Å². The lowest BCUT2D eigenvalue weighted by molar-refractivity contribution is 0.348. The van der Waals surface area contributed by atoms with Crippen molar-refractivity contribution in [3.63, 3.8) is 0 Å². The summed E-state index contributed by atoms with van der Waals surface area (Å²) in [5.41, 5.74) is 6.48. The predicted octanol–water partition coefficient (Wildman–Crippen LogP) is 2.46. The molecule has 1 saturated carbocycles. The van der Waals surface area contributed by atoms with E-state index in [1.54, 1.807) is 7.11 Å². The van der Waals surface area contributed by atoms with Gasteiger partial charge in [0.1, 0.15) is 5.75 Å². The highest BCUT2D eigenvalue weighted by Gasteiger charge is 2.45. The third kappa shape index (κ3) is 1.91. The van der Waals surface area contributed by atoms with E-state index in [0.29, 0.717) is 11.7 Å². The lowest BCUT2D eigenvalue weighted by atomic mass is 10.2. The molecular formula is C12H12BrN3O2. The van der Waals surface area contributed by atoms with Crippen LogP contribution in [0.4, 0.5) is 0 Å². The van der Waals surface area contributed by atoms with Crippen molar-refractivity contribution in [3.8, 4) is 17.1 Å². The molecule has 1 aliphatic carbocycles. The lowest BCUT2D eigenvalue weighted by Crippen LogP contribution is -2.18. The Balaban J connectivity index is 1.95. The standard InChI is InChI=1S/C12H12BrN3O2/c1-17-9-3-2-7(6-8(9)13)10-15-11(18-16-10)12(14)4-5-12/h2-3,6H,4-5,14H2,1H3. The molecule has 1 heterocycles. The fourth-order valence-electron chi connectivity index (χ4n) is 1.70. The minimum Gasteiger partial charge on any atom is -0.496 e. The molecule has 0 bridgehead atoms. The number of ether oxygens (including phenoxy) is 1. The first-order valence-corrected chi connectivity index (χ1v) is 6.39. The number of hydrogen-bond acceptors (Lipinski definition) is 5. The molecule has 0 atom stereocenters. The second-order valence-electron chi connectivity index (χ2n) is 4.43. The Bertz CT molecular complexity index is 593. The smallest absolute Gasteiger partial charge is 0.247 e. The largest absolute Gasteiger partial charge is 0.496 e. The van der Waals surface area contributed by atoms with Gasteiger partial charge in [-0.15, -0.1) is 0 Å².